The van der Waals surface area contributed by atoms with Crippen molar-refractivity contribution in [2.75, 3.05) is 6.61 Å². The van der Waals surface area contributed by atoms with Gasteiger partial charge < -0.3 is 20.1 Å². The van der Waals surface area contributed by atoms with Gasteiger partial charge in [0.25, 0.3) is 0 Å². The van der Waals surface area contributed by atoms with E-state index in [0.29, 0.717) is 0 Å². The van der Waals surface area contributed by atoms with E-state index in [-0.39, 0.29) is 0 Å². The van der Waals surface area contributed by atoms with Gasteiger partial charge in [-0.25, -0.2) is 4.79 Å². The normalized spacial score (nSPS) is 14.5. The van der Waals surface area contributed by atoms with E-state index in [4.69, 9.17) is 10.2 Å². The van der Waals surface area contributed by atoms with Crippen LogP contribution in [-0.4, -0.2) is 51.6 Å². The van der Waals surface area contributed by atoms with Crippen LogP contribution in [0.5, 0.6) is 0 Å². The fourth-order valence-electron chi connectivity index (χ4n) is 1.03. The number of carboxylic acids is 2. The second-order valence-electron chi connectivity index (χ2n) is 3.67. The Morgan fingerprint density at radius 2 is 1.58 bits per heavy atom. The molecular formula is C9H11F3O7. The number of carbonyl (C=O) groups excluding carboxylic acids is 1. The minimum atomic E-state index is -4.55. The Hall–Kier alpha value is -1.84. The van der Waals surface area contributed by atoms with Crippen LogP contribution < -0.4 is 0 Å². The van der Waals surface area contributed by atoms with Crippen LogP contribution in [0.2, 0.25) is 0 Å². The highest BCUT2D eigenvalue weighted by Gasteiger charge is 2.41. The van der Waals surface area contributed by atoms with E-state index < -0.39 is 55.6 Å². The summed E-state index contributed by atoms with van der Waals surface area (Å²) in [6.45, 7) is -1.04. The first kappa shape index (κ1) is 17.2. The van der Waals surface area contributed by atoms with Crippen molar-refractivity contribution in [3.63, 3.8) is 0 Å². The molecule has 10 heteroatoms. The second-order valence-corrected chi connectivity index (χ2v) is 3.67. The third kappa shape index (κ3) is 7.24. The Balaban J connectivity index is 4.41. The lowest BCUT2D eigenvalue weighted by Gasteiger charge is -2.20. The Morgan fingerprint density at radius 1 is 1.05 bits per heavy atom. The van der Waals surface area contributed by atoms with Crippen molar-refractivity contribution < 1.29 is 47.6 Å². The number of halogens is 3. The zero-order valence-corrected chi connectivity index (χ0v) is 9.44. The number of hydrogen-bond acceptors (Lipinski definition) is 5. The van der Waals surface area contributed by atoms with Crippen molar-refractivity contribution in [1.29, 1.82) is 0 Å². The highest BCUT2D eigenvalue weighted by molar-refractivity contribution is 5.88. The molecule has 1 atom stereocenters. The molecule has 0 bridgehead atoms. The Kier molecular flexibility index (Phi) is 5.75. The highest BCUT2D eigenvalue weighted by Crippen LogP contribution is 2.20. The van der Waals surface area contributed by atoms with Gasteiger partial charge in [-0.1, -0.05) is 0 Å². The van der Waals surface area contributed by atoms with Crippen molar-refractivity contribution in [2.24, 2.45) is 0 Å². The molecule has 0 radical (unpaired) electrons. The minimum absolute atomic E-state index is 1.04. The summed E-state index contributed by atoms with van der Waals surface area (Å²) in [5.74, 6) is -5.11. The molecule has 0 rings (SSSR count). The number of hydrogen-bond donors (Lipinski definition) is 3. The first-order valence-electron chi connectivity index (χ1n) is 4.86. The average molecular weight is 288 g/mol. The number of rotatable bonds is 7. The second kappa shape index (κ2) is 6.36. The van der Waals surface area contributed by atoms with Crippen molar-refractivity contribution in [2.45, 2.75) is 31.0 Å². The molecule has 0 fully saturated rings. The number of aliphatic hydroxyl groups is 1. The monoisotopic (exact) mass is 288 g/mol. The van der Waals surface area contributed by atoms with E-state index in [1.54, 1.807) is 0 Å². The number of carboxylic acid groups (broad SMARTS) is 2. The molecule has 0 aliphatic carbocycles. The molecule has 19 heavy (non-hydrogen) atoms. The third-order valence-corrected chi connectivity index (χ3v) is 1.93. The van der Waals surface area contributed by atoms with Crippen LogP contribution in [0.3, 0.4) is 0 Å². The van der Waals surface area contributed by atoms with Crippen LogP contribution >= 0.6 is 0 Å². The number of alkyl halides is 3. The molecule has 0 aromatic carbocycles. The standard InChI is InChI=1S/C9H11F3O7/c10-9(11,12)1-2-19-6(15)4-8(18,7(16)17)3-5(13)14/h18H,1-4H2,(H,13,14)(H,16,17). The molecule has 1 unspecified atom stereocenters. The molecule has 0 saturated carbocycles. The molecule has 110 valence electrons. The maximum absolute atomic E-state index is 11.7. The number of ether oxygens (including phenoxy) is 1. The van der Waals surface area contributed by atoms with Crippen LogP contribution in [0.1, 0.15) is 19.3 Å². The van der Waals surface area contributed by atoms with Gasteiger partial charge in [0.1, 0.15) is 0 Å². The van der Waals surface area contributed by atoms with Crippen molar-refractivity contribution >= 4 is 17.9 Å². The lowest BCUT2D eigenvalue weighted by Crippen LogP contribution is -2.43. The van der Waals surface area contributed by atoms with Crippen LogP contribution in [-0.2, 0) is 19.1 Å². The van der Waals surface area contributed by atoms with Crippen LogP contribution in [0, 0.1) is 0 Å². The zero-order chi connectivity index (χ0) is 15.3. The van der Waals surface area contributed by atoms with E-state index in [9.17, 15) is 32.7 Å². The van der Waals surface area contributed by atoms with E-state index in [1.807, 2.05) is 0 Å². The van der Waals surface area contributed by atoms with E-state index >= 15 is 0 Å². The van der Waals surface area contributed by atoms with E-state index in [2.05, 4.69) is 4.74 Å². The number of carbonyl (C=O) groups is 3. The van der Waals surface area contributed by atoms with Gasteiger partial charge in [-0.15, -0.1) is 0 Å². The van der Waals surface area contributed by atoms with Gasteiger partial charge in [0, 0.05) is 0 Å². The van der Waals surface area contributed by atoms with Gasteiger partial charge in [0.05, 0.1) is 25.9 Å². The molecule has 0 aliphatic rings. The summed E-state index contributed by atoms with van der Waals surface area (Å²) in [7, 11) is 0. The first-order valence-corrected chi connectivity index (χ1v) is 4.86. The molecule has 0 aliphatic heterocycles. The van der Waals surface area contributed by atoms with Gasteiger partial charge >= 0.3 is 24.1 Å². The van der Waals surface area contributed by atoms with Gasteiger partial charge in [-0.2, -0.15) is 13.2 Å². The van der Waals surface area contributed by atoms with Crippen molar-refractivity contribution in [3.05, 3.63) is 0 Å². The van der Waals surface area contributed by atoms with Gasteiger partial charge in [-0.05, 0) is 0 Å². The van der Waals surface area contributed by atoms with Gasteiger partial charge in [-0.3, -0.25) is 9.59 Å². The van der Waals surface area contributed by atoms with E-state index in [0.717, 1.165) is 0 Å². The molecule has 0 amide bonds. The summed E-state index contributed by atoms with van der Waals surface area (Å²) in [4.78, 5) is 32.0. The third-order valence-electron chi connectivity index (χ3n) is 1.93. The SMILES string of the molecule is O=C(O)CC(O)(CC(=O)OCCC(F)(F)F)C(=O)O. The molecule has 7 nitrogen and oxygen atoms in total. The van der Waals surface area contributed by atoms with Gasteiger partial charge in [0.2, 0.25) is 0 Å². The maximum Gasteiger partial charge on any atom is 0.392 e. The molecule has 0 saturated heterocycles. The smallest absolute Gasteiger partial charge is 0.392 e. The zero-order valence-electron chi connectivity index (χ0n) is 9.44. The predicted octanol–water partition coefficient (Wildman–Crippen LogP) is 0.163. The lowest BCUT2D eigenvalue weighted by molar-refractivity contribution is -0.174. The summed E-state index contributed by atoms with van der Waals surface area (Å²) < 4.78 is 39.3. The Morgan fingerprint density at radius 3 is 1.95 bits per heavy atom. The van der Waals surface area contributed by atoms with Crippen LogP contribution in [0.15, 0.2) is 0 Å². The Labute approximate surface area is 104 Å². The predicted molar refractivity (Wildman–Crippen MR) is 51.1 cm³/mol. The molecule has 0 heterocycles. The summed E-state index contributed by atoms with van der Waals surface area (Å²) in [5.41, 5.74) is -2.92. The van der Waals surface area contributed by atoms with Crippen molar-refractivity contribution in [3.8, 4) is 0 Å². The number of esters is 1. The summed E-state index contributed by atoms with van der Waals surface area (Å²) in [6.07, 6.45) is -8.52. The van der Waals surface area contributed by atoms with Crippen molar-refractivity contribution in [1.82, 2.24) is 0 Å². The fourth-order valence-corrected chi connectivity index (χ4v) is 1.03. The minimum Gasteiger partial charge on any atom is -0.481 e. The molecule has 0 aromatic rings. The first-order chi connectivity index (χ1) is 8.46. The summed E-state index contributed by atoms with van der Waals surface area (Å²) in [6, 6.07) is 0. The van der Waals surface area contributed by atoms with E-state index in [1.165, 1.54) is 0 Å². The van der Waals surface area contributed by atoms with Gasteiger partial charge in [0.15, 0.2) is 5.60 Å². The maximum atomic E-state index is 11.7. The summed E-state index contributed by atoms with van der Waals surface area (Å²) in [5, 5.41) is 26.3. The molecule has 3 N–H and O–H groups in total. The quantitative estimate of drug-likeness (QED) is 0.570. The largest absolute Gasteiger partial charge is 0.481 e. The van der Waals surface area contributed by atoms with Crippen LogP contribution in [0.4, 0.5) is 13.2 Å². The fraction of sp³-hybridized carbons (Fsp3) is 0.667. The average Bonchev–Trinajstić information content (AvgIpc) is 2.12. The highest BCUT2D eigenvalue weighted by atomic mass is 19.4. The molecule has 0 spiro atoms. The molecular weight excluding hydrogens is 277 g/mol. The topological polar surface area (TPSA) is 121 Å². The Bertz CT molecular complexity index is 365. The number of aliphatic carboxylic acids is 2. The summed E-state index contributed by atoms with van der Waals surface area (Å²) >= 11 is 0. The molecule has 0 aromatic heterocycles. The lowest BCUT2D eigenvalue weighted by atomic mass is 9.96. The van der Waals surface area contributed by atoms with Crippen LogP contribution in [0.25, 0.3) is 0 Å².